The van der Waals surface area contributed by atoms with Crippen LogP contribution in [-0.2, 0) is 9.59 Å². The lowest BCUT2D eigenvalue weighted by Crippen LogP contribution is -2.54. The van der Waals surface area contributed by atoms with Gasteiger partial charge in [0, 0.05) is 40.6 Å². The van der Waals surface area contributed by atoms with Crippen molar-refractivity contribution in [3.8, 4) is 18.1 Å². The molecule has 0 spiro atoms. The van der Waals surface area contributed by atoms with E-state index in [0.29, 0.717) is 17.0 Å². The van der Waals surface area contributed by atoms with Crippen molar-refractivity contribution in [3.05, 3.63) is 129 Å². The van der Waals surface area contributed by atoms with Crippen molar-refractivity contribution in [1.29, 1.82) is 0 Å². The SMILES string of the molecule is C#CCOc1ccc(Br)cc1/C=C1\C(=O)NC(=O)N(c2cc3c4c(c2)[C@H](c2ccccc2)CCN4CC[C@H]3c2ccccc2)C1=O. The van der Waals surface area contributed by atoms with Gasteiger partial charge < -0.3 is 9.64 Å². The van der Waals surface area contributed by atoms with Crippen LogP contribution in [0.15, 0.2) is 101 Å². The van der Waals surface area contributed by atoms with Crippen molar-refractivity contribution in [3.63, 3.8) is 0 Å². The number of barbiturate groups is 1. The molecule has 3 heterocycles. The summed E-state index contributed by atoms with van der Waals surface area (Å²) >= 11 is 3.45. The summed E-state index contributed by atoms with van der Waals surface area (Å²) in [6, 6.07) is 29.0. The minimum absolute atomic E-state index is 0.0165. The van der Waals surface area contributed by atoms with E-state index < -0.39 is 17.8 Å². The average molecular weight is 673 g/mol. The average Bonchev–Trinajstić information content (AvgIpc) is 3.07. The van der Waals surface area contributed by atoms with E-state index in [1.54, 1.807) is 18.2 Å². The van der Waals surface area contributed by atoms with Crippen LogP contribution >= 0.6 is 15.9 Å². The maximum Gasteiger partial charge on any atom is 0.335 e. The molecule has 0 aliphatic carbocycles. The van der Waals surface area contributed by atoms with Crippen molar-refractivity contribution >= 4 is 51.2 Å². The third-order valence-corrected chi connectivity index (χ3v) is 9.44. The first-order valence-corrected chi connectivity index (χ1v) is 16.0. The van der Waals surface area contributed by atoms with Gasteiger partial charge in [-0.15, -0.1) is 6.42 Å². The van der Waals surface area contributed by atoms with Gasteiger partial charge in [-0.1, -0.05) is 82.5 Å². The number of imide groups is 2. The highest BCUT2D eigenvalue weighted by Gasteiger charge is 2.40. The number of nitrogens with zero attached hydrogens (tertiary/aromatic N) is 2. The lowest BCUT2D eigenvalue weighted by atomic mass is 9.76. The van der Waals surface area contributed by atoms with Gasteiger partial charge in [-0.3, -0.25) is 14.9 Å². The molecule has 0 saturated carbocycles. The molecule has 228 valence electrons. The number of hydrogen-bond acceptors (Lipinski definition) is 5. The minimum Gasteiger partial charge on any atom is -0.480 e. The molecule has 8 heteroatoms. The first-order chi connectivity index (χ1) is 22.4. The van der Waals surface area contributed by atoms with Gasteiger partial charge in [0.2, 0.25) is 0 Å². The van der Waals surface area contributed by atoms with Crippen LogP contribution in [0, 0.1) is 12.3 Å². The molecule has 0 unspecified atom stereocenters. The van der Waals surface area contributed by atoms with Crippen LogP contribution in [0.1, 0.15) is 52.5 Å². The fourth-order valence-corrected chi connectivity index (χ4v) is 7.28. The Hall–Kier alpha value is -5.13. The zero-order valence-corrected chi connectivity index (χ0v) is 26.5. The van der Waals surface area contributed by atoms with Gasteiger partial charge in [0.1, 0.15) is 17.9 Å². The summed E-state index contributed by atoms with van der Waals surface area (Å²) in [6.45, 7) is 1.85. The fourth-order valence-electron chi connectivity index (χ4n) is 6.90. The van der Waals surface area contributed by atoms with Crippen LogP contribution in [0.2, 0.25) is 0 Å². The van der Waals surface area contributed by atoms with Gasteiger partial charge in [0.15, 0.2) is 0 Å². The summed E-state index contributed by atoms with van der Waals surface area (Å²) in [5.74, 6) is 1.52. The van der Waals surface area contributed by atoms with Crippen molar-refractivity contribution in [2.45, 2.75) is 24.7 Å². The maximum absolute atomic E-state index is 14.2. The Morgan fingerprint density at radius 3 is 2.07 bits per heavy atom. The van der Waals surface area contributed by atoms with E-state index >= 15 is 0 Å². The molecule has 0 radical (unpaired) electrons. The summed E-state index contributed by atoms with van der Waals surface area (Å²) in [7, 11) is 0. The quantitative estimate of drug-likeness (QED) is 0.136. The minimum atomic E-state index is -0.784. The second-order valence-electron chi connectivity index (χ2n) is 11.6. The Bertz CT molecular complexity index is 1860. The van der Waals surface area contributed by atoms with E-state index in [1.807, 2.05) is 48.5 Å². The fraction of sp³-hybridized carbons (Fsp3) is 0.184. The topological polar surface area (TPSA) is 79.0 Å². The second-order valence-corrected chi connectivity index (χ2v) is 12.5. The predicted molar refractivity (Wildman–Crippen MR) is 182 cm³/mol. The number of carbonyl (C=O) groups excluding carboxylic acids is 3. The number of anilines is 2. The molecule has 7 nitrogen and oxygen atoms in total. The van der Waals surface area contributed by atoms with E-state index in [4.69, 9.17) is 11.2 Å². The van der Waals surface area contributed by atoms with Gasteiger partial charge in [-0.2, -0.15) is 0 Å². The number of halogens is 1. The standard InChI is InChI=1S/C38H30BrN3O4/c1-2-19-46-34-14-13-27(39)20-26(34)21-33-36(43)40-38(45)42(37(33)44)28-22-31-29(24-9-5-3-6-10-24)15-17-41-18-16-30(32(23-28)35(31)41)25-11-7-4-8-12-25/h1,3-14,20-23,29-30H,15-19H2,(H,40,43,45)/b33-21+/t29-,30-/m0/s1. The first-order valence-electron chi connectivity index (χ1n) is 15.2. The first kappa shape index (κ1) is 29.6. The molecule has 2 atom stereocenters. The Balaban J connectivity index is 1.38. The number of rotatable bonds is 6. The van der Waals surface area contributed by atoms with Crippen LogP contribution < -0.4 is 19.9 Å². The van der Waals surface area contributed by atoms with Gasteiger partial charge in [-0.25, -0.2) is 9.69 Å². The van der Waals surface area contributed by atoms with Crippen LogP contribution in [0.5, 0.6) is 5.75 Å². The van der Waals surface area contributed by atoms with E-state index in [2.05, 4.69) is 56.3 Å². The lowest BCUT2D eigenvalue weighted by Gasteiger charge is -2.44. The molecular weight excluding hydrogens is 642 g/mol. The van der Waals surface area contributed by atoms with Gasteiger partial charge in [0.05, 0.1) is 5.69 Å². The summed E-state index contributed by atoms with van der Waals surface area (Å²) in [5, 5.41) is 2.40. The molecule has 1 fully saturated rings. The Kier molecular flexibility index (Phi) is 7.93. The smallest absolute Gasteiger partial charge is 0.335 e. The van der Waals surface area contributed by atoms with Crippen molar-refractivity contribution in [2.24, 2.45) is 0 Å². The number of hydrogen-bond donors (Lipinski definition) is 1. The van der Waals surface area contributed by atoms with Crippen LogP contribution in [0.3, 0.4) is 0 Å². The number of ether oxygens (including phenoxy) is 1. The number of amides is 4. The van der Waals surface area contributed by atoms with Crippen molar-refractivity contribution in [2.75, 3.05) is 29.5 Å². The number of benzene rings is 4. The van der Waals surface area contributed by atoms with Gasteiger partial charge >= 0.3 is 6.03 Å². The largest absolute Gasteiger partial charge is 0.480 e. The van der Waals surface area contributed by atoms with E-state index in [9.17, 15) is 14.4 Å². The maximum atomic E-state index is 14.2. The summed E-state index contributed by atoms with van der Waals surface area (Å²) < 4.78 is 6.40. The highest BCUT2D eigenvalue weighted by atomic mass is 79.9. The summed E-state index contributed by atoms with van der Waals surface area (Å²) in [5.41, 5.74) is 6.40. The molecule has 1 saturated heterocycles. The number of terminal acetylenes is 1. The molecule has 7 rings (SSSR count). The zero-order valence-electron chi connectivity index (χ0n) is 24.9. The molecular formula is C38H30BrN3O4. The molecule has 3 aliphatic rings. The van der Waals surface area contributed by atoms with E-state index in [0.717, 1.165) is 46.4 Å². The Labute approximate surface area is 276 Å². The molecule has 4 aromatic carbocycles. The molecule has 0 bridgehead atoms. The van der Waals surface area contributed by atoms with Gasteiger partial charge in [-0.05, 0) is 71.5 Å². The van der Waals surface area contributed by atoms with Crippen molar-refractivity contribution in [1.82, 2.24) is 5.32 Å². The zero-order chi connectivity index (χ0) is 31.8. The monoisotopic (exact) mass is 671 g/mol. The molecule has 4 amide bonds. The molecule has 0 aromatic heterocycles. The van der Waals surface area contributed by atoms with Crippen LogP contribution in [0.25, 0.3) is 6.08 Å². The highest BCUT2D eigenvalue weighted by molar-refractivity contribution is 9.10. The van der Waals surface area contributed by atoms with Crippen LogP contribution in [-0.4, -0.2) is 37.5 Å². The predicted octanol–water partition coefficient (Wildman–Crippen LogP) is 7.01. The van der Waals surface area contributed by atoms with Crippen LogP contribution in [0.4, 0.5) is 16.2 Å². The highest BCUT2D eigenvalue weighted by Crippen LogP contribution is 2.50. The molecule has 3 aliphatic heterocycles. The number of nitrogens with one attached hydrogen (secondary N) is 1. The Morgan fingerprint density at radius 2 is 1.48 bits per heavy atom. The molecule has 46 heavy (non-hydrogen) atoms. The molecule has 1 N–H and O–H groups in total. The number of carbonyl (C=O) groups is 3. The van der Waals surface area contributed by atoms with E-state index in [1.165, 1.54) is 22.9 Å². The summed E-state index contributed by atoms with van der Waals surface area (Å²) in [6.07, 6.45) is 8.65. The van der Waals surface area contributed by atoms with E-state index in [-0.39, 0.29) is 24.0 Å². The van der Waals surface area contributed by atoms with Crippen molar-refractivity contribution < 1.29 is 19.1 Å². The second kappa shape index (κ2) is 12.3. The number of urea groups is 1. The normalized spacial score (nSPS) is 19.8. The third-order valence-electron chi connectivity index (χ3n) is 8.94. The molecule has 4 aromatic rings. The summed E-state index contributed by atoms with van der Waals surface area (Å²) in [4.78, 5) is 44.4. The third kappa shape index (κ3) is 5.37. The Morgan fingerprint density at radius 1 is 0.870 bits per heavy atom. The van der Waals surface area contributed by atoms with Gasteiger partial charge in [0.25, 0.3) is 11.8 Å². The lowest BCUT2D eigenvalue weighted by molar-refractivity contribution is -0.122.